The molecule has 0 aliphatic carbocycles. The second-order valence-corrected chi connectivity index (χ2v) is 12.4. The molecule has 0 spiro atoms. The van der Waals surface area contributed by atoms with Gasteiger partial charge in [-0.05, 0) is 48.6 Å². The van der Waals surface area contributed by atoms with E-state index in [1.165, 1.54) is 29.7 Å². The fourth-order valence-corrected chi connectivity index (χ4v) is 6.58. The number of thiazole rings is 1. The van der Waals surface area contributed by atoms with E-state index in [0.717, 1.165) is 28.4 Å². The molecule has 1 aliphatic rings. The third-order valence-corrected chi connectivity index (χ3v) is 8.93. The summed E-state index contributed by atoms with van der Waals surface area (Å²) in [6.45, 7) is 4.13. The molecule has 1 saturated heterocycles. The van der Waals surface area contributed by atoms with Crippen LogP contribution in [0, 0.1) is 5.82 Å². The molecular weight excluding hydrogens is 545 g/mol. The zero-order valence-corrected chi connectivity index (χ0v) is 23.2. The molecule has 0 N–H and O–H groups in total. The minimum Gasteiger partial charge on any atom is -0.379 e. The average Bonchev–Trinajstić information content (AvgIpc) is 3.27. The number of amides is 1. The van der Waals surface area contributed by atoms with Crippen LogP contribution in [0.2, 0.25) is 0 Å². The molecule has 1 aromatic heterocycles. The number of halogens is 2. The van der Waals surface area contributed by atoms with Crippen LogP contribution in [0.1, 0.15) is 12.8 Å². The van der Waals surface area contributed by atoms with Crippen LogP contribution in [0.3, 0.4) is 0 Å². The van der Waals surface area contributed by atoms with Gasteiger partial charge < -0.3 is 4.74 Å². The first kappa shape index (κ1) is 28.8. The molecule has 1 aliphatic heterocycles. The molecule has 36 heavy (non-hydrogen) atoms. The average molecular weight is 574 g/mol. The van der Waals surface area contributed by atoms with Crippen molar-refractivity contribution in [2.24, 2.45) is 0 Å². The zero-order valence-electron chi connectivity index (χ0n) is 19.9. The lowest BCUT2D eigenvalue weighted by atomic mass is 10.3. The van der Waals surface area contributed by atoms with Crippen molar-refractivity contribution < 1.29 is 22.3 Å². The highest BCUT2D eigenvalue weighted by Gasteiger charge is 2.23. The molecule has 0 saturated carbocycles. The predicted octanol–water partition coefficient (Wildman–Crippen LogP) is 4.50. The molecular formula is C24H29ClFN3O4S3. The van der Waals surface area contributed by atoms with Gasteiger partial charge in [0, 0.05) is 43.8 Å². The quantitative estimate of drug-likeness (QED) is 0.261. The summed E-state index contributed by atoms with van der Waals surface area (Å²) in [5.74, 6) is 0.417. The highest BCUT2D eigenvalue weighted by Crippen LogP contribution is 2.33. The number of hydrogen-bond donors (Lipinski definition) is 0. The fraction of sp³-hybridized carbons (Fsp3) is 0.417. The number of rotatable bonds is 10. The van der Waals surface area contributed by atoms with Gasteiger partial charge in [-0.3, -0.25) is 14.6 Å². The molecule has 2 heterocycles. The molecule has 2 aromatic carbocycles. The van der Waals surface area contributed by atoms with Crippen LogP contribution >= 0.6 is 35.5 Å². The fourth-order valence-electron chi connectivity index (χ4n) is 3.80. The highest BCUT2D eigenvalue weighted by molar-refractivity contribution is 7.99. The van der Waals surface area contributed by atoms with Crippen molar-refractivity contribution in [3.05, 3.63) is 48.3 Å². The van der Waals surface area contributed by atoms with Gasteiger partial charge in [-0.25, -0.2) is 17.8 Å². The van der Waals surface area contributed by atoms with Gasteiger partial charge >= 0.3 is 0 Å². The Kier molecular flexibility index (Phi) is 10.5. The standard InChI is InChI=1S/C24H28FN3O4S3.ClH/c1-35(30,31)21-5-2-4-20-23(21)26-24(34-20)28(12-11-27-13-15-32-16-14-27)22(29)6-3-17-33-19-9-7-18(25)8-10-19;/h2,4-5,7-10H,3,6,11-17H2,1H3;1H. The number of nitrogens with zero attached hydrogens (tertiary/aromatic N) is 3. The molecule has 196 valence electrons. The molecule has 12 heteroatoms. The maximum absolute atomic E-state index is 13.3. The van der Waals surface area contributed by atoms with Crippen LogP contribution in [0.5, 0.6) is 0 Å². The van der Waals surface area contributed by atoms with Gasteiger partial charge in [0.15, 0.2) is 15.0 Å². The summed E-state index contributed by atoms with van der Waals surface area (Å²) < 4.78 is 43.7. The third kappa shape index (κ3) is 7.62. The van der Waals surface area contributed by atoms with E-state index in [1.807, 2.05) is 6.07 Å². The Labute approximate surface area is 225 Å². The molecule has 3 aromatic rings. The Bertz CT molecular complexity index is 1270. The first-order valence-electron chi connectivity index (χ1n) is 11.4. The largest absolute Gasteiger partial charge is 0.379 e. The summed E-state index contributed by atoms with van der Waals surface area (Å²) in [6, 6.07) is 11.4. The van der Waals surface area contributed by atoms with E-state index >= 15 is 0 Å². The molecule has 4 rings (SSSR count). The molecule has 1 amide bonds. The van der Waals surface area contributed by atoms with Gasteiger partial charge in [0.05, 0.1) is 22.8 Å². The number of aromatic nitrogens is 1. The van der Waals surface area contributed by atoms with Gasteiger partial charge in [-0.1, -0.05) is 17.4 Å². The Morgan fingerprint density at radius 1 is 1.19 bits per heavy atom. The lowest BCUT2D eigenvalue weighted by molar-refractivity contribution is -0.118. The first-order valence-corrected chi connectivity index (χ1v) is 15.1. The number of carbonyl (C=O) groups is 1. The van der Waals surface area contributed by atoms with E-state index in [9.17, 15) is 17.6 Å². The monoisotopic (exact) mass is 573 g/mol. The number of benzene rings is 2. The van der Waals surface area contributed by atoms with Gasteiger partial charge in [0.2, 0.25) is 5.91 Å². The summed E-state index contributed by atoms with van der Waals surface area (Å²) in [6.07, 6.45) is 2.17. The Morgan fingerprint density at radius 2 is 1.92 bits per heavy atom. The second-order valence-electron chi connectivity index (χ2n) is 8.28. The van der Waals surface area contributed by atoms with Gasteiger partial charge in [-0.2, -0.15) is 0 Å². The van der Waals surface area contributed by atoms with E-state index < -0.39 is 9.84 Å². The van der Waals surface area contributed by atoms with Crippen molar-refractivity contribution in [3.8, 4) is 0 Å². The van der Waals surface area contributed by atoms with Crippen LogP contribution in [0.25, 0.3) is 10.2 Å². The summed E-state index contributed by atoms with van der Waals surface area (Å²) in [5, 5.41) is 0.514. The Morgan fingerprint density at radius 3 is 2.61 bits per heavy atom. The maximum Gasteiger partial charge on any atom is 0.228 e. The minimum absolute atomic E-state index is 0. The smallest absolute Gasteiger partial charge is 0.228 e. The third-order valence-electron chi connectivity index (χ3n) is 5.66. The van der Waals surface area contributed by atoms with Gasteiger partial charge in [0.25, 0.3) is 0 Å². The molecule has 0 unspecified atom stereocenters. The number of para-hydroxylation sites is 1. The van der Waals surface area contributed by atoms with Crippen molar-refractivity contribution in [1.29, 1.82) is 0 Å². The van der Waals surface area contributed by atoms with E-state index in [-0.39, 0.29) is 29.0 Å². The van der Waals surface area contributed by atoms with Gasteiger partial charge in [0.1, 0.15) is 11.3 Å². The number of morpholine rings is 1. The lowest BCUT2D eigenvalue weighted by Crippen LogP contribution is -2.43. The number of ether oxygens (including phenoxy) is 1. The van der Waals surface area contributed by atoms with E-state index in [2.05, 4.69) is 9.88 Å². The molecule has 1 fully saturated rings. The maximum atomic E-state index is 13.3. The predicted molar refractivity (Wildman–Crippen MR) is 146 cm³/mol. The van der Waals surface area contributed by atoms with Crippen molar-refractivity contribution in [3.63, 3.8) is 0 Å². The number of anilines is 1. The van der Waals surface area contributed by atoms with Crippen molar-refractivity contribution >= 4 is 66.6 Å². The van der Waals surface area contributed by atoms with Crippen LogP contribution in [-0.4, -0.2) is 75.6 Å². The van der Waals surface area contributed by atoms with Crippen molar-refractivity contribution in [1.82, 2.24) is 9.88 Å². The van der Waals surface area contributed by atoms with E-state index in [0.29, 0.717) is 49.8 Å². The number of thioether (sulfide) groups is 1. The Hall–Kier alpha value is -1.76. The van der Waals surface area contributed by atoms with Crippen LogP contribution in [-0.2, 0) is 19.4 Å². The summed E-state index contributed by atoms with van der Waals surface area (Å²) in [7, 11) is -3.45. The normalized spacial score (nSPS) is 14.5. The number of sulfone groups is 1. The Balaban J connectivity index is 0.00000361. The van der Waals surface area contributed by atoms with E-state index in [4.69, 9.17) is 4.74 Å². The zero-order chi connectivity index (χ0) is 24.8. The van der Waals surface area contributed by atoms with Crippen LogP contribution < -0.4 is 4.90 Å². The number of fused-ring (bicyclic) bond motifs is 1. The second kappa shape index (κ2) is 13.2. The molecule has 7 nitrogen and oxygen atoms in total. The molecule has 0 bridgehead atoms. The van der Waals surface area contributed by atoms with Crippen molar-refractivity contribution in [2.45, 2.75) is 22.6 Å². The topological polar surface area (TPSA) is 79.8 Å². The first-order chi connectivity index (χ1) is 16.8. The summed E-state index contributed by atoms with van der Waals surface area (Å²) in [5.41, 5.74) is 0.408. The number of hydrogen-bond acceptors (Lipinski definition) is 8. The van der Waals surface area contributed by atoms with Crippen molar-refractivity contribution in [2.75, 3.05) is 56.3 Å². The summed E-state index contributed by atoms with van der Waals surface area (Å²) >= 11 is 2.92. The SMILES string of the molecule is CS(=O)(=O)c1cccc2sc(N(CCN3CCOCC3)C(=O)CCCSc3ccc(F)cc3)nc12.Cl. The van der Waals surface area contributed by atoms with Gasteiger partial charge in [-0.15, -0.1) is 24.2 Å². The lowest BCUT2D eigenvalue weighted by Gasteiger charge is -2.29. The number of carbonyl (C=O) groups excluding carboxylic acids is 1. The minimum atomic E-state index is -3.45. The summed E-state index contributed by atoms with van der Waals surface area (Å²) in [4.78, 5) is 23.0. The van der Waals surface area contributed by atoms with Crippen LogP contribution in [0.4, 0.5) is 9.52 Å². The molecule has 0 radical (unpaired) electrons. The van der Waals surface area contributed by atoms with Crippen LogP contribution in [0.15, 0.2) is 52.3 Å². The highest BCUT2D eigenvalue weighted by atomic mass is 35.5. The molecule has 0 atom stereocenters. The van der Waals surface area contributed by atoms with E-state index in [1.54, 1.807) is 40.9 Å².